The van der Waals surface area contributed by atoms with Gasteiger partial charge in [0.05, 0.1) is 23.1 Å². The van der Waals surface area contributed by atoms with Gasteiger partial charge in [0.25, 0.3) is 0 Å². The van der Waals surface area contributed by atoms with Crippen LogP contribution in [0.4, 0.5) is 41.2 Å². The Morgan fingerprint density at radius 2 is 1.44 bits per heavy atom. The number of alkyl halides is 6. The molecular weight excluding hydrogens is 557 g/mol. The molecule has 4 rings (SSSR count). The van der Waals surface area contributed by atoms with Crippen molar-refractivity contribution in [1.29, 1.82) is 0 Å². The predicted octanol–water partition coefficient (Wildman–Crippen LogP) is 4.99. The maximum atomic E-state index is 13.5. The Morgan fingerprint density at radius 3 is 1.90 bits per heavy atom. The Labute approximate surface area is 226 Å². The lowest BCUT2D eigenvalue weighted by Gasteiger charge is -2.33. The molecule has 14 heteroatoms. The molecule has 0 saturated carbocycles. The fourth-order valence-electron chi connectivity index (χ4n) is 4.74. The molecule has 0 radical (unpaired) electrons. The third-order valence-corrected chi connectivity index (χ3v) is 7.08. The molecule has 2 fully saturated rings. The number of nitrogens with one attached hydrogen (secondary N) is 1. The number of amides is 3. The van der Waals surface area contributed by atoms with E-state index in [-0.39, 0.29) is 43.4 Å². The zero-order valence-corrected chi connectivity index (χ0v) is 21.6. The molecule has 2 aromatic rings. The van der Waals surface area contributed by atoms with Gasteiger partial charge in [-0.3, -0.25) is 9.69 Å². The van der Waals surface area contributed by atoms with Crippen LogP contribution in [-0.2, 0) is 17.1 Å². The van der Waals surface area contributed by atoms with Crippen molar-refractivity contribution in [3.63, 3.8) is 0 Å². The van der Waals surface area contributed by atoms with E-state index in [1.165, 1.54) is 36.2 Å². The molecule has 2 aromatic carbocycles. The van der Waals surface area contributed by atoms with Gasteiger partial charge < -0.3 is 15.1 Å². The van der Waals surface area contributed by atoms with Crippen LogP contribution in [0.15, 0.2) is 42.5 Å². The van der Waals surface area contributed by atoms with Crippen molar-refractivity contribution < 1.29 is 40.3 Å². The molecule has 2 heterocycles. The second kappa shape index (κ2) is 11.2. The number of hydrogen-bond acceptors (Lipinski definition) is 3. The first-order chi connectivity index (χ1) is 17.7. The van der Waals surface area contributed by atoms with Crippen molar-refractivity contribution in [2.45, 2.75) is 24.3 Å². The van der Waals surface area contributed by atoms with E-state index in [9.17, 15) is 40.3 Å². The van der Waals surface area contributed by atoms with E-state index >= 15 is 0 Å². The molecule has 2 saturated heterocycles. The van der Waals surface area contributed by atoms with Crippen LogP contribution in [-0.4, -0.2) is 68.1 Å². The van der Waals surface area contributed by atoms with E-state index in [0.29, 0.717) is 35.7 Å². The van der Waals surface area contributed by atoms with Crippen LogP contribution in [0, 0.1) is 11.7 Å². The SMILES string of the molecule is CN(C(=O)N(C)[C@@H]1CN(C(=O)C2CNC2)C[C@H]1c1ccc(F)cc1)c1cc(C(F)(F)F)cc(C(F)(F)F)c1.Cl. The molecule has 2 aliphatic rings. The predicted molar refractivity (Wildman–Crippen MR) is 131 cm³/mol. The quantitative estimate of drug-likeness (QED) is 0.517. The lowest BCUT2D eigenvalue weighted by Crippen LogP contribution is -2.52. The Kier molecular flexibility index (Phi) is 8.76. The number of anilines is 1. The van der Waals surface area contributed by atoms with Gasteiger partial charge in [-0.2, -0.15) is 26.3 Å². The molecule has 0 spiro atoms. The van der Waals surface area contributed by atoms with Gasteiger partial charge in [-0.05, 0) is 35.9 Å². The number of likely N-dealkylation sites (tertiary alicyclic amines) is 1. The van der Waals surface area contributed by atoms with Gasteiger partial charge in [0.1, 0.15) is 5.82 Å². The van der Waals surface area contributed by atoms with Crippen molar-refractivity contribution in [2.75, 3.05) is 45.2 Å². The highest BCUT2D eigenvalue weighted by Gasteiger charge is 2.43. The molecule has 0 unspecified atom stereocenters. The van der Waals surface area contributed by atoms with E-state index in [4.69, 9.17) is 0 Å². The highest BCUT2D eigenvalue weighted by molar-refractivity contribution is 5.92. The van der Waals surface area contributed by atoms with Gasteiger partial charge >= 0.3 is 18.4 Å². The van der Waals surface area contributed by atoms with E-state index in [2.05, 4.69) is 5.32 Å². The highest BCUT2D eigenvalue weighted by atomic mass is 35.5. The number of halogens is 8. The number of carbonyl (C=O) groups excluding carboxylic acids is 2. The minimum atomic E-state index is -5.07. The number of hydrogen-bond donors (Lipinski definition) is 1. The fourth-order valence-corrected chi connectivity index (χ4v) is 4.74. The zero-order chi connectivity index (χ0) is 28.0. The first-order valence-electron chi connectivity index (χ1n) is 11.7. The molecule has 0 bridgehead atoms. The third kappa shape index (κ3) is 6.40. The molecule has 6 nitrogen and oxygen atoms in total. The summed E-state index contributed by atoms with van der Waals surface area (Å²) >= 11 is 0. The minimum absolute atomic E-state index is 0. The van der Waals surface area contributed by atoms with Gasteiger partial charge in [-0.1, -0.05) is 12.1 Å². The highest BCUT2D eigenvalue weighted by Crippen LogP contribution is 2.39. The van der Waals surface area contributed by atoms with Crippen LogP contribution in [0.2, 0.25) is 0 Å². The summed E-state index contributed by atoms with van der Waals surface area (Å²) < 4.78 is 93.6. The van der Waals surface area contributed by atoms with Crippen LogP contribution in [0.5, 0.6) is 0 Å². The summed E-state index contributed by atoms with van der Waals surface area (Å²) in [6.45, 7) is 1.34. The Hall–Kier alpha value is -3.06. The molecule has 214 valence electrons. The van der Waals surface area contributed by atoms with Gasteiger partial charge in [0.2, 0.25) is 5.91 Å². The van der Waals surface area contributed by atoms with E-state index in [1.54, 1.807) is 4.90 Å². The fraction of sp³-hybridized carbons (Fsp3) is 0.440. The van der Waals surface area contributed by atoms with Gasteiger partial charge in [0, 0.05) is 51.9 Å². The van der Waals surface area contributed by atoms with Crippen LogP contribution >= 0.6 is 12.4 Å². The van der Waals surface area contributed by atoms with Gasteiger partial charge in [-0.25, -0.2) is 9.18 Å². The number of rotatable bonds is 4. The van der Waals surface area contributed by atoms with E-state index < -0.39 is 53.0 Å². The summed E-state index contributed by atoms with van der Waals surface area (Å²) in [6.07, 6.45) is -10.1. The molecule has 2 atom stereocenters. The van der Waals surface area contributed by atoms with Crippen molar-refractivity contribution in [3.05, 3.63) is 65.0 Å². The molecule has 0 aromatic heterocycles. The van der Waals surface area contributed by atoms with Gasteiger partial charge in [0.15, 0.2) is 0 Å². The second-order valence-corrected chi connectivity index (χ2v) is 9.54. The average Bonchev–Trinajstić information content (AvgIpc) is 3.26. The maximum absolute atomic E-state index is 13.5. The van der Waals surface area contributed by atoms with Crippen molar-refractivity contribution in [3.8, 4) is 0 Å². The van der Waals surface area contributed by atoms with Crippen LogP contribution < -0.4 is 10.2 Å². The largest absolute Gasteiger partial charge is 0.416 e. The standard InChI is InChI=1S/C25H25F7N4O2.ClH/c1-34(19-8-16(24(27,28)29)7-17(9-19)25(30,31)32)23(38)35(2)21-13-36(22(37)15-10-33-11-15)12-20(21)14-3-5-18(26)6-4-14;/h3-9,15,20-21,33H,10-13H2,1-2H3;1H/t20-,21+;/m0./s1. The molecular formula is C25H26ClF7N4O2. The van der Waals surface area contributed by atoms with Gasteiger partial charge in [-0.15, -0.1) is 12.4 Å². The summed E-state index contributed by atoms with van der Waals surface area (Å²) in [5, 5.41) is 3.01. The average molecular weight is 583 g/mol. The number of carbonyl (C=O) groups is 2. The minimum Gasteiger partial charge on any atom is -0.340 e. The maximum Gasteiger partial charge on any atom is 0.416 e. The number of benzene rings is 2. The number of urea groups is 1. The third-order valence-electron chi connectivity index (χ3n) is 7.08. The van der Waals surface area contributed by atoms with Crippen molar-refractivity contribution >= 4 is 30.0 Å². The molecule has 3 amide bonds. The number of likely N-dealkylation sites (N-methyl/N-ethyl adjacent to an activating group) is 1. The van der Waals surface area contributed by atoms with Crippen LogP contribution in [0.1, 0.15) is 22.6 Å². The second-order valence-electron chi connectivity index (χ2n) is 9.54. The monoisotopic (exact) mass is 582 g/mol. The Balaban J connectivity index is 0.00000420. The first kappa shape index (κ1) is 30.5. The Bertz CT molecular complexity index is 1170. The van der Waals surface area contributed by atoms with Crippen molar-refractivity contribution in [2.24, 2.45) is 5.92 Å². The molecule has 1 N–H and O–H groups in total. The Morgan fingerprint density at radius 1 is 0.897 bits per heavy atom. The smallest absolute Gasteiger partial charge is 0.340 e. The van der Waals surface area contributed by atoms with E-state index in [1.807, 2.05) is 0 Å². The normalized spacial score (nSPS) is 19.8. The molecule has 0 aliphatic carbocycles. The van der Waals surface area contributed by atoms with Crippen LogP contribution in [0.3, 0.4) is 0 Å². The lowest BCUT2D eigenvalue weighted by atomic mass is 9.93. The summed E-state index contributed by atoms with van der Waals surface area (Å²) in [5.74, 6) is -1.29. The summed E-state index contributed by atoms with van der Waals surface area (Å²) in [7, 11) is 2.45. The van der Waals surface area contributed by atoms with Crippen molar-refractivity contribution in [1.82, 2.24) is 15.1 Å². The first-order valence-corrected chi connectivity index (χ1v) is 11.7. The lowest BCUT2D eigenvalue weighted by molar-refractivity contribution is -0.143. The van der Waals surface area contributed by atoms with Crippen LogP contribution in [0.25, 0.3) is 0 Å². The zero-order valence-electron chi connectivity index (χ0n) is 20.8. The molecule has 2 aliphatic heterocycles. The summed E-state index contributed by atoms with van der Waals surface area (Å²) in [6, 6.07) is 4.94. The van der Waals surface area contributed by atoms with E-state index in [0.717, 1.165) is 7.05 Å². The summed E-state index contributed by atoms with van der Waals surface area (Å²) in [4.78, 5) is 29.8. The summed E-state index contributed by atoms with van der Waals surface area (Å²) in [5.41, 5.74) is -3.03. The molecule has 39 heavy (non-hydrogen) atoms. The number of nitrogens with zero attached hydrogens (tertiary/aromatic N) is 3. The topological polar surface area (TPSA) is 55.9 Å².